The van der Waals surface area contributed by atoms with Crippen LogP contribution in [0.5, 0.6) is 5.75 Å². The number of methoxy groups -OCH3 is 2. The molecule has 0 bridgehead atoms. The molecule has 3 aromatic rings. The molecule has 0 spiro atoms. The molecule has 6 nitrogen and oxygen atoms in total. The van der Waals surface area contributed by atoms with Gasteiger partial charge in [0.15, 0.2) is 5.76 Å². The highest BCUT2D eigenvalue weighted by atomic mass is 32.1. The molecule has 0 atom stereocenters. The molecule has 25 heavy (non-hydrogen) atoms. The first kappa shape index (κ1) is 17.2. The number of hydrogen-bond donors (Lipinski definition) is 0. The van der Waals surface area contributed by atoms with Crippen molar-refractivity contribution in [2.45, 2.75) is 0 Å². The lowest BCUT2D eigenvalue weighted by molar-refractivity contribution is 0.207. The summed E-state index contributed by atoms with van der Waals surface area (Å²) in [4.78, 5) is 5.33. The molecule has 7 heteroatoms. The van der Waals surface area contributed by atoms with Crippen LogP contribution in [0.1, 0.15) is 5.56 Å². The predicted octanol–water partition coefficient (Wildman–Crippen LogP) is 3.25. The van der Waals surface area contributed by atoms with Crippen LogP contribution in [-0.4, -0.2) is 38.3 Å². The summed E-state index contributed by atoms with van der Waals surface area (Å²) in [5.74, 6) is 1.56. The second-order valence-corrected chi connectivity index (χ2v) is 5.92. The summed E-state index contributed by atoms with van der Waals surface area (Å²) in [5.41, 5.74) is 1.82. The van der Waals surface area contributed by atoms with Crippen molar-refractivity contribution in [2.75, 3.05) is 27.4 Å². The Kier molecular flexibility index (Phi) is 5.81. The number of rotatable bonds is 7. The molecule has 0 fully saturated rings. The minimum atomic E-state index is 0.566. The number of furan rings is 1. The third-order valence-corrected chi connectivity index (χ3v) is 4.29. The van der Waals surface area contributed by atoms with E-state index >= 15 is 0 Å². The van der Waals surface area contributed by atoms with Crippen LogP contribution in [-0.2, 0) is 4.74 Å². The Morgan fingerprint density at radius 3 is 2.72 bits per heavy atom. The van der Waals surface area contributed by atoms with Crippen molar-refractivity contribution < 1.29 is 13.9 Å². The van der Waals surface area contributed by atoms with Gasteiger partial charge in [-0.2, -0.15) is 5.10 Å². The van der Waals surface area contributed by atoms with Crippen LogP contribution in [0.2, 0.25) is 0 Å². The fourth-order valence-corrected chi connectivity index (χ4v) is 3.01. The number of hydrogen-bond acceptors (Lipinski definition) is 6. The molecular weight excluding hydrogens is 338 g/mol. The maximum Gasteiger partial charge on any atom is 0.206 e. The molecule has 0 saturated carbocycles. The van der Waals surface area contributed by atoms with Crippen LogP contribution in [0.4, 0.5) is 0 Å². The number of aromatic nitrogens is 1. The van der Waals surface area contributed by atoms with Gasteiger partial charge in [-0.05, 0) is 42.0 Å². The van der Waals surface area contributed by atoms with Crippen LogP contribution in [0.25, 0.3) is 11.5 Å². The van der Waals surface area contributed by atoms with Gasteiger partial charge in [-0.1, -0.05) is 0 Å². The molecule has 130 valence electrons. The second kappa shape index (κ2) is 8.46. The van der Waals surface area contributed by atoms with Crippen molar-refractivity contribution in [1.29, 1.82) is 0 Å². The summed E-state index contributed by atoms with van der Waals surface area (Å²) in [7, 11) is 3.31. The van der Waals surface area contributed by atoms with Gasteiger partial charge >= 0.3 is 0 Å². The molecule has 0 N–H and O–H groups in total. The Balaban J connectivity index is 1.95. The molecular formula is C18H19N3O3S. The Bertz CT molecular complexity index is 877. The highest BCUT2D eigenvalue weighted by Gasteiger charge is 2.09. The van der Waals surface area contributed by atoms with Gasteiger partial charge in [-0.25, -0.2) is 4.68 Å². The van der Waals surface area contributed by atoms with E-state index in [0.29, 0.717) is 13.2 Å². The van der Waals surface area contributed by atoms with Gasteiger partial charge in [0.2, 0.25) is 4.80 Å². The van der Waals surface area contributed by atoms with Gasteiger partial charge in [-0.15, -0.1) is 11.3 Å². The van der Waals surface area contributed by atoms with Gasteiger partial charge < -0.3 is 13.9 Å². The zero-order valence-electron chi connectivity index (χ0n) is 14.1. The van der Waals surface area contributed by atoms with Crippen LogP contribution < -0.4 is 9.54 Å². The van der Waals surface area contributed by atoms with E-state index in [1.807, 2.05) is 41.8 Å². The average molecular weight is 357 g/mol. The smallest absolute Gasteiger partial charge is 0.206 e. The minimum absolute atomic E-state index is 0.566. The maximum absolute atomic E-state index is 5.51. The first-order valence-electron chi connectivity index (χ1n) is 7.74. The van der Waals surface area contributed by atoms with Gasteiger partial charge in [0, 0.05) is 12.5 Å². The molecule has 2 heterocycles. The first-order chi connectivity index (χ1) is 12.3. The van der Waals surface area contributed by atoms with E-state index in [-0.39, 0.29) is 0 Å². The number of benzene rings is 1. The number of ether oxygens (including phenoxy) is 2. The monoisotopic (exact) mass is 357 g/mol. The predicted molar refractivity (Wildman–Crippen MR) is 98.3 cm³/mol. The summed E-state index contributed by atoms with van der Waals surface area (Å²) in [6.07, 6.45) is 3.43. The molecule has 0 unspecified atom stereocenters. The summed E-state index contributed by atoms with van der Waals surface area (Å²) in [6.45, 7) is 1.14. The normalized spacial score (nSPS) is 12.2. The van der Waals surface area contributed by atoms with Gasteiger partial charge in [0.25, 0.3) is 0 Å². The molecule has 1 aromatic carbocycles. The van der Waals surface area contributed by atoms with Crippen LogP contribution >= 0.6 is 11.3 Å². The van der Waals surface area contributed by atoms with E-state index in [9.17, 15) is 0 Å². The number of thiazole rings is 1. The van der Waals surface area contributed by atoms with Crippen molar-refractivity contribution in [3.05, 3.63) is 58.4 Å². The SMILES string of the molecule is COCCN=c1scc(-c2ccco2)n1/N=C/c1ccc(OC)cc1. The Morgan fingerprint density at radius 2 is 2.04 bits per heavy atom. The Labute approximate surface area is 149 Å². The average Bonchev–Trinajstić information content (AvgIpc) is 3.30. The highest BCUT2D eigenvalue weighted by Crippen LogP contribution is 2.20. The van der Waals surface area contributed by atoms with E-state index in [4.69, 9.17) is 13.9 Å². The fraction of sp³-hybridized carbons (Fsp3) is 0.222. The molecule has 0 amide bonds. The lowest BCUT2D eigenvalue weighted by atomic mass is 10.2. The standard InChI is InChI=1S/C18H19N3O3S/c1-22-11-9-19-18-21(16(13-25-18)17-4-3-10-24-17)20-12-14-5-7-15(23-2)8-6-14/h3-8,10,12-13H,9,11H2,1-2H3/b19-18?,20-12+. The maximum atomic E-state index is 5.51. The zero-order valence-corrected chi connectivity index (χ0v) is 14.9. The molecule has 0 radical (unpaired) electrons. The van der Waals surface area contributed by atoms with E-state index in [0.717, 1.165) is 27.6 Å². The van der Waals surface area contributed by atoms with Crippen LogP contribution in [0.15, 0.2) is 62.6 Å². The van der Waals surface area contributed by atoms with Gasteiger partial charge in [0.05, 0.1) is 32.7 Å². The quantitative estimate of drug-likeness (QED) is 0.482. The van der Waals surface area contributed by atoms with Crippen molar-refractivity contribution in [3.63, 3.8) is 0 Å². The summed E-state index contributed by atoms with van der Waals surface area (Å²) < 4.78 is 17.5. The van der Waals surface area contributed by atoms with Gasteiger partial charge in [0.1, 0.15) is 11.4 Å². The third-order valence-electron chi connectivity index (χ3n) is 3.44. The summed E-state index contributed by atoms with van der Waals surface area (Å²) >= 11 is 1.51. The summed E-state index contributed by atoms with van der Waals surface area (Å²) in [5, 5.41) is 6.58. The van der Waals surface area contributed by atoms with E-state index in [1.54, 1.807) is 31.4 Å². The van der Waals surface area contributed by atoms with Crippen molar-refractivity contribution in [2.24, 2.45) is 10.1 Å². The third kappa shape index (κ3) is 4.26. The van der Waals surface area contributed by atoms with Crippen molar-refractivity contribution in [1.82, 2.24) is 4.68 Å². The molecule has 0 saturated heterocycles. The van der Waals surface area contributed by atoms with E-state index in [1.165, 1.54) is 11.3 Å². The molecule has 2 aromatic heterocycles. The Morgan fingerprint density at radius 1 is 1.20 bits per heavy atom. The number of nitrogens with zero attached hydrogens (tertiary/aromatic N) is 3. The minimum Gasteiger partial charge on any atom is -0.497 e. The molecule has 0 aliphatic heterocycles. The second-order valence-electron chi connectivity index (χ2n) is 5.08. The molecule has 0 aliphatic carbocycles. The molecule has 0 aliphatic rings. The lowest BCUT2D eigenvalue weighted by Crippen LogP contribution is -2.13. The van der Waals surface area contributed by atoms with Crippen LogP contribution in [0, 0.1) is 0 Å². The van der Waals surface area contributed by atoms with Gasteiger partial charge in [-0.3, -0.25) is 4.99 Å². The Hall–Kier alpha value is -2.64. The highest BCUT2D eigenvalue weighted by molar-refractivity contribution is 7.07. The van der Waals surface area contributed by atoms with Crippen molar-refractivity contribution in [3.8, 4) is 17.2 Å². The zero-order chi connectivity index (χ0) is 17.5. The largest absolute Gasteiger partial charge is 0.497 e. The topological polar surface area (TPSA) is 61.2 Å². The van der Waals surface area contributed by atoms with Crippen LogP contribution in [0.3, 0.4) is 0 Å². The van der Waals surface area contributed by atoms with E-state index in [2.05, 4.69) is 10.1 Å². The lowest BCUT2D eigenvalue weighted by Gasteiger charge is -2.01. The first-order valence-corrected chi connectivity index (χ1v) is 8.62. The summed E-state index contributed by atoms with van der Waals surface area (Å²) in [6, 6.07) is 11.5. The van der Waals surface area contributed by atoms with Crippen molar-refractivity contribution >= 4 is 17.6 Å². The fourth-order valence-electron chi connectivity index (χ4n) is 2.16. The molecule has 3 rings (SSSR count). The van der Waals surface area contributed by atoms with E-state index < -0.39 is 0 Å².